The van der Waals surface area contributed by atoms with E-state index in [-0.39, 0.29) is 19.8 Å². The maximum Gasteiger partial charge on any atom is 0.339 e. The Balaban J connectivity index is 4.94. The summed E-state index contributed by atoms with van der Waals surface area (Å²) in [5, 5.41) is 35.4. The van der Waals surface area contributed by atoms with Crippen molar-refractivity contribution in [2.24, 2.45) is 0 Å². The lowest BCUT2D eigenvalue weighted by Crippen LogP contribution is -2.47. The van der Waals surface area contributed by atoms with Gasteiger partial charge in [-0.25, -0.2) is 4.79 Å². The van der Waals surface area contributed by atoms with Crippen molar-refractivity contribution in [1.82, 2.24) is 4.90 Å². The van der Waals surface area contributed by atoms with Gasteiger partial charge in [-0.15, -0.1) is 0 Å². The van der Waals surface area contributed by atoms with E-state index in [0.717, 1.165) is 0 Å². The molecule has 0 aliphatic rings. The standard InChI is InChI=1S/C13H23NO9/c1-14(2-4-15)3-6-22-12(21)13(8-10(17)18,9-11(19)20)23-7-5-16/h15-16H,2-9H2,1H3,(H,17,18)(H,19,20). The monoisotopic (exact) mass is 337 g/mol. The second-order valence-electron chi connectivity index (χ2n) is 4.87. The zero-order chi connectivity index (χ0) is 17.9. The van der Waals surface area contributed by atoms with E-state index in [1.54, 1.807) is 11.9 Å². The molecule has 0 rings (SSSR count). The fourth-order valence-corrected chi connectivity index (χ4v) is 1.81. The van der Waals surface area contributed by atoms with Crippen LogP contribution in [0.15, 0.2) is 0 Å². The highest BCUT2D eigenvalue weighted by Crippen LogP contribution is 2.23. The van der Waals surface area contributed by atoms with Gasteiger partial charge < -0.3 is 34.8 Å². The van der Waals surface area contributed by atoms with Crippen molar-refractivity contribution >= 4 is 17.9 Å². The highest BCUT2D eigenvalue weighted by Gasteiger charge is 2.45. The molecule has 0 radical (unpaired) electrons. The normalized spacial score (nSPS) is 11.5. The van der Waals surface area contributed by atoms with Crippen LogP contribution in [0.2, 0.25) is 0 Å². The number of aliphatic hydroxyl groups excluding tert-OH is 2. The number of aliphatic carboxylic acids is 2. The molecule has 0 bridgehead atoms. The topological polar surface area (TPSA) is 154 Å². The Labute approximate surface area is 133 Å². The molecule has 0 heterocycles. The van der Waals surface area contributed by atoms with Gasteiger partial charge in [-0.2, -0.15) is 0 Å². The average molecular weight is 337 g/mol. The Hall–Kier alpha value is -1.75. The molecule has 0 fully saturated rings. The summed E-state index contributed by atoms with van der Waals surface area (Å²) in [5.74, 6) is -3.98. The molecule has 4 N–H and O–H groups in total. The molecule has 0 aliphatic carbocycles. The van der Waals surface area contributed by atoms with Crippen molar-refractivity contribution in [3.63, 3.8) is 0 Å². The zero-order valence-electron chi connectivity index (χ0n) is 12.9. The number of aliphatic hydroxyl groups is 2. The summed E-state index contributed by atoms with van der Waals surface area (Å²) in [6.07, 6.45) is -1.80. The summed E-state index contributed by atoms with van der Waals surface area (Å²) in [7, 11) is 1.67. The van der Waals surface area contributed by atoms with Crippen molar-refractivity contribution in [2.75, 3.05) is 46.6 Å². The molecule has 0 saturated heterocycles. The molecule has 0 spiro atoms. The molecule has 23 heavy (non-hydrogen) atoms. The molecule has 0 unspecified atom stereocenters. The van der Waals surface area contributed by atoms with E-state index >= 15 is 0 Å². The van der Waals surface area contributed by atoms with Gasteiger partial charge in [0, 0.05) is 13.1 Å². The summed E-state index contributed by atoms with van der Waals surface area (Å²) in [4.78, 5) is 35.7. The maximum atomic E-state index is 12.2. The van der Waals surface area contributed by atoms with Crippen LogP contribution in [0, 0.1) is 0 Å². The van der Waals surface area contributed by atoms with E-state index in [4.69, 9.17) is 29.9 Å². The number of rotatable bonds is 13. The third-order valence-electron chi connectivity index (χ3n) is 2.90. The number of carbonyl (C=O) groups excluding carboxylic acids is 1. The fourth-order valence-electron chi connectivity index (χ4n) is 1.81. The zero-order valence-corrected chi connectivity index (χ0v) is 12.9. The first-order chi connectivity index (χ1) is 10.8. The Bertz CT molecular complexity index is 383. The number of hydrogen-bond donors (Lipinski definition) is 4. The molecule has 0 aromatic carbocycles. The predicted octanol–water partition coefficient (Wildman–Crippen LogP) is -1.85. The van der Waals surface area contributed by atoms with Crippen molar-refractivity contribution in [1.29, 1.82) is 0 Å². The fraction of sp³-hybridized carbons (Fsp3) is 0.769. The third kappa shape index (κ3) is 8.45. The Kier molecular flexibility index (Phi) is 10.1. The Morgan fingerprint density at radius 1 is 0.957 bits per heavy atom. The van der Waals surface area contributed by atoms with Gasteiger partial charge in [-0.05, 0) is 7.05 Å². The minimum absolute atomic E-state index is 0.0774. The minimum Gasteiger partial charge on any atom is -0.481 e. The number of ether oxygens (including phenoxy) is 2. The SMILES string of the molecule is CN(CCO)CCOC(=O)C(CC(=O)O)(CC(=O)O)OCCO. The van der Waals surface area contributed by atoms with Crippen LogP contribution in [0.5, 0.6) is 0 Å². The minimum atomic E-state index is -2.20. The number of carbonyl (C=O) groups is 3. The highest BCUT2D eigenvalue weighted by atomic mass is 16.6. The highest BCUT2D eigenvalue weighted by molar-refractivity contribution is 5.89. The molecule has 0 aromatic heterocycles. The number of nitrogens with zero attached hydrogens (tertiary/aromatic N) is 1. The van der Waals surface area contributed by atoms with Crippen molar-refractivity contribution in [3.8, 4) is 0 Å². The van der Waals surface area contributed by atoms with Crippen LogP contribution in [0.25, 0.3) is 0 Å². The predicted molar refractivity (Wildman–Crippen MR) is 75.8 cm³/mol. The lowest BCUT2D eigenvalue weighted by molar-refractivity contribution is -0.184. The van der Waals surface area contributed by atoms with E-state index in [0.29, 0.717) is 6.54 Å². The van der Waals surface area contributed by atoms with Gasteiger partial charge in [0.15, 0.2) is 5.60 Å². The summed E-state index contributed by atoms with van der Waals surface area (Å²) in [6, 6.07) is 0. The summed E-state index contributed by atoms with van der Waals surface area (Å²) in [5.41, 5.74) is -2.20. The first-order valence-electron chi connectivity index (χ1n) is 6.92. The molecule has 10 heteroatoms. The molecule has 10 nitrogen and oxygen atoms in total. The van der Waals surface area contributed by atoms with Gasteiger partial charge in [0.25, 0.3) is 0 Å². The van der Waals surface area contributed by atoms with Gasteiger partial charge in [0.1, 0.15) is 6.61 Å². The molecular weight excluding hydrogens is 314 g/mol. The van der Waals surface area contributed by atoms with Crippen LogP contribution in [0.1, 0.15) is 12.8 Å². The van der Waals surface area contributed by atoms with Gasteiger partial charge in [-0.3, -0.25) is 9.59 Å². The largest absolute Gasteiger partial charge is 0.481 e. The van der Waals surface area contributed by atoms with Gasteiger partial charge in [0.2, 0.25) is 0 Å². The lowest BCUT2D eigenvalue weighted by Gasteiger charge is -2.29. The van der Waals surface area contributed by atoms with E-state index in [9.17, 15) is 14.4 Å². The van der Waals surface area contributed by atoms with E-state index in [1.165, 1.54) is 0 Å². The molecular formula is C13H23NO9. The summed E-state index contributed by atoms with van der Waals surface area (Å²) in [6.45, 7) is -0.491. The van der Waals surface area contributed by atoms with Crippen LogP contribution in [-0.2, 0) is 23.9 Å². The number of hydrogen-bond acceptors (Lipinski definition) is 8. The second kappa shape index (κ2) is 10.9. The molecule has 0 amide bonds. The summed E-state index contributed by atoms with van der Waals surface area (Å²) >= 11 is 0. The van der Waals surface area contributed by atoms with Crippen LogP contribution in [0.3, 0.4) is 0 Å². The summed E-state index contributed by atoms with van der Waals surface area (Å²) < 4.78 is 9.96. The third-order valence-corrected chi connectivity index (χ3v) is 2.90. The van der Waals surface area contributed by atoms with Crippen LogP contribution in [-0.4, -0.2) is 95.4 Å². The van der Waals surface area contributed by atoms with E-state index in [2.05, 4.69) is 0 Å². The Morgan fingerprint density at radius 3 is 1.96 bits per heavy atom. The van der Waals surface area contributed by atoms with Crippen molar-refractivity contribution < 1.29 is 44.3 Å². The van der Waals surface area contributed by atoms with E-state index < -0.39 is 49.6 Å². The van der Waals surface area contributed by atoms with Crippen molar-refractivity contribution in [2.45, 2.75) is 18.4 Å². The van der Waals surface area contributed by atoms with Gasteiger partial charge in [0.05, 0.1) is 32.7 Å². The smallest absolute Gasteiger partial charge is 0.339 e. The van der Waals surface area contributed by atoms with Crippen LogP contribution >= 0.6 is 0 Å². The van der Waals surface area contributed by atoms with Gasteiger partial charge >= 0.3 is 17.9 Å². The molecule has 134 valence electrons. The maximum absolute atomic E-state index is 12.2. The number of carboxylic acid groups (broad SMARTS) is 2. The van der Waals surface area contributed by atoms with E-state index in [1.807, 2.05) is 0 Å². The van der Waals surface area contributed by atoms with Crippen LogP contribution in [0.4, 0.5) is 0 Å². The molecule has 0 atom stereocenters. The van der Waals surface area contributed by atoms with Crippen molar-refractivity contribution in [3.05, 3.63) is 0 Å². The number of esters is 1. The van der Waals surface area contributed by atoms with Gasteiger partial charge in [-0.1, -0.05) is 0 Å². The Morgan fingerprint density at radius 2 is 1.52 bits per heavy atom. The average Bonchev–Trinajstić information content (AvgIpc) is 2.43. The van der Waals surface area contributed by atoms with Crippen LogP contribution < -0.4 is 0 Å². The molecule has 0 saturated carbocycles. The first-order valence-corrected chi connectivity index (χ1v) is 6.92. The quantitative estimate of drug-likeness (QED) is 0.282. The lowest BCUT2D eigenvalue weighted by atomic mass is 9.95. The molecule has 0 aromatic rings. The number of carboxylic acids is 2. The second-order valence-corrected chi connectivity index (χ2v) is 4.87. The first kappa shape index (κ1) is 21.2. The number of likely N-dealkylation sites (N-methyl/N-ethyl adjacent to an activating group) is 1. The molecule has 0 aliphatic heterocycles.